The minimum Gasteiger partial charge on any atom is -0.256 e. The number of fused-ring (bicyclic) bond motifs is 3. The number of hydrogen-bond donors (Lipinski definition) is 0. The van der Waals surface area contributed by atoms with Crippen LogP contribution in [0.1, 0.15) is 0 Å². The van der Waals surface area contributed by atoms with Crippen molar-refractivity contribution in [3.8, 4) is 33.4 Å². The molecule has 6 aromatic carbocycles. The average Bonchev–Trinajstić information content (AvgIpc) is 2.96. The summed E-state index contributed by atoms with van der Waals surface area (Å²) in [4.78, 5) is 4.78. The molecule has 0 atom stereocenters. The first-order valence-electron chi connectivity index (χ1n) is 12.3. The van der Waals surface area contributed by atoms with Crippen LogP contribution in [0.2, 0.25) is 0 Å². The van der Waals surface area contributed by atoms with Crippen molar-refractivity contribution in [2.24, 2.45) is 0 Å². The summed E-state index contributed by atoms with van der Waals surface area (Å²) in [6.45, 7) is 0. The zero-order valence-corrected chi connectivity index (χ0v) is 19.7. The van der Waals surface area contributed by atoms with Crippen LogP contribution in [0, 0.1) is 0 Å². The third-order valence-electron chi connectivity index (χ3n) is 7.09. The highest BCUT2D eigenvalue weighted by Gasteiger charge is 2.18. The lowest BCUT2D eigenvalue weighted by Crippen LogP contribution is -1.92. The molecule has 7 rings (SSSR count). The maximum absolute atomic E-state index is 4.78. The van der Waals surface area contributed by atoms with Gasteiger partial charge >= 0.3 is 0 Å². The van der Waals surface area contributed by atoms with Gasteiger partial charge < -0.3 is 0 Å². The number of aromatic nitrogens is 1. The number of rotatable bonds is 3. The Hall–Kier alpha value is -4.75. The molecule has 7 aromatic rings. The second-order valence-corrected chi connectivity index (χ2v) is 9.17. The molecule has 0 amide bonds. The Balaban J connectivity index is 1.63. The van der Waals surface area contributed by atoms with E-state index in [0.717, 1.165) is 5.52 Å². The Kier molecular flexibility index (Phi) is 4.85. The van der Waals surface area contributed by atoms with E-state index in [1.807, 2.05) is 12.3 Å². The normalized spacial score (nSPS) is 11.3. The lowest BCUT2D eigenvalue weighted by atomic mass is 9.85. The van der Waals surface area contributed by atoms with Crippen LogP contribution in [0.15, 0.2) is 140 Å². The molecule has 0 bridgehead atoms. The number of pyridine rings is 1. The summed E-state index contributed by atoms with van der Waals surface area (Å²) < 4.78 is 0. The molecule has 0 saturated carbocycles. The van der Waals surface area contributed by atoms with Crippen LogP contribution < -0.4 is 0 Å². The Labute approximate surface area is 210 Å². The molecule has 1 aromatic heterocycles. The molecule has 36 heavy (non-hydrogen) atoms. The SMILES string of the molecule is c1ccc(-c2cc(-c3c4ccccc4c(-c4ccccc4)c4ccccc34)cc3ncccc23)cc1. The molecule has 0 fully saturated rings. The summed E-state index contributed by atoms with van der Waals surface area (Å²) in [6.07, 6.45) is 1.88. The van der Waals surface area contributed by atoms with Crippen molar-refractivity contribution in [3.05, 3.63) is 140 Å². The second kappa shape index (κ2) is 8.48. The highest BCUT2D eigenvalue weighted by atomic mass is 14.6. The summed E-state index contributed by atoms with van der Waals surface area (Å²) in [7, 11) is 0. The summed E-state index contributed by atoms with van der Waals surface area (Å²) >= 11 is 0. The van der Waals surface area contributed by atoms with Gasteiger partial charge in [0.25, 0.3) is 0 Å². The topological polar surface area (TPSA) is 12.9 Å². The molecular weight excluding hydrogens is 434 g/mol. The van der Waals surface area contributed by atoms with Crippen molar-refractivity contribution in [3.63, 3.8) is 0 Å². The Morgan fingerprint density at radius 3 is 1.42 bits per heavy atom. The quantitative estimate of drug-likeness (QED) is 0.241. The van der Waals surface area contributed by atoms with E-state index in [4.69, 9.17) is 4.98 Å². The van der Waals surface area contributed by atoms with Crippen LogP contribution in [0.25, 0.3) is 65.8 Å². The Morgan fingerprint density at radius 2 is 0.833 bits per heavy atom. The molecule has 1 nitrogen and oxygen atoms in total. The molecule has 0 aliphatic carbocycles. The zero-order chi connectivity index (χ0) is 23.9. The summed E-state index contributed by atoms with van der Waals surface area (Å²) in [5.74, 6) is 0. The second-order valence-electron chi connectivity index (χ2n) is 9.17. The van der Waals surface area contributed by atoms with Crippen molar-refractivity contribution < 1.29 is 0 Å². The van der Waals surface area contributed by atoms with Crippen LogP contribution >= 0.6 is 0 Å². The first kappa shape index (κ1) is 20.6. The van der Waals surface area contributed by atoms with Gasteiger partial charge in [0.1, 0.15) is 0 Å². The van der Waals surface area contributed by atoms with Crippen molar-refractivity contribution in [1.82, 2.24) is 4.98 Å². The molecule has 168 valence electrons. The van der Waals surface area contributed by atoms with E-state index in [1.54, 1.807) is 0 Å². The van der Waals surface area contributed by atoms with Crippen molar-refractivity contribution >= 4 is 32.4 Å². The molecule has 0 aliphatic rings. The smallest absolute Gasteiger partial charge is 0.0714 e. The number of benzene rings is 6. The molecule has 0 aliphatic heterocycles. The van der Waals surface area contributed by atoms with Gasteiger partial charge in [0.15, 0.2) is 0 Å². The van der Waals surface area contributed by atoms with Gasteiger partial charge in [-0.2, -0.15) is 0 Å². The molecule has 0 N–H and O–H groups in total. The lowest BCUT2D eigenvalue weighted by molar-refractivity contribution is 1.41. The maximum Gasteiger partial charge on any atom is 0.0714 e. The minimum absolute atomic E-state index is 1.01. The van der Waals surface area contributed by atoms with E-state index in [1.165, 1.54) is 60.3 Å². The van der Waals surface area contributed by atoms with Crippen LogP contribution in [0.4, 0.5) is 0 Å². The number of nitrogens with zero attached hydrogens (tertiary/aromatic N) is 1. The highest BCUT2D eigenvalue weighted by Crippen LogP contribution is 2.45. The fourth-order valence-electron chi connectivity index (χ4n) is 5.54. The predicted octanol–water partition coefficient (Wildman–Crippen LogP) is 9.54. The van der Waals surface area contributed by atoms with Crippen LogP contribution in [-0.4, -0.2) is 4.98 Å². The molecule has 1 heterocycles. The minimum atomic E-state index is 1.01. The van der Waals surface area contributed by atoms with E-state index in [9.17, 15) is 0 Å². The van der Waals surface area contributed by atoms with E-state index >= 15 is 0 Å². The van der Waals surface area contributed by atoms with E-state index < -0.39 is 0 Å². The van der Waals surface area contributed by atoms with Gasteiger partial charge in [0.2, 0.25) is 0 Å². The van der Waals surface area contributed by atoms with Crippen molar-refractivity contribution in [2.45, 2.75) is 0 Å². The van der Waals surface area contributed by atoms with Gasteiger partial charge in [-0.05, 0) is 73.1 Å². The molecule has 1 heteroatoms. The standard InChI is InChI=1S/C35H23N/c1-3-12-24(13-4-1)32-22-26(23-33-27(32)20-11-21-36-33)35-30-18-9-7-16-28(30)34(25-14-5-2-6-15-25)29-17-8-10-19-31(29)35/h1-23H. The van der Waals surface area contributed by atoms with E-state index in [2.05, 4.69) is 127 Å². The fourth-order valence-corrected chi connectivity index (χ4v) is 5.54. The van der Waals surface area contributed by atoms with E-state index in [-0.39, 0.29) is 0 Å². The summed E-state index contributed by atoms with van der Waals surface area (Å²) in [5.41, 5.74) is 8.38. The van der Waals surface area contributed by atoms with Gasteiger partial charge in [-0.3, -0.25) is 4.98 Å². The van der Waals surface area contributed by atoms with Gasteiger partial charge in [-0.15, -0.1) is 0 Å². The number of hydrogen-bond acceptors (Lipinski definition) is 1. The largest absolute Gasteiger partial charge is 0.256 e. The average molecular weight is 458 g/mol. The highest BCUT2D eigenvalue weighted by molar-refractivity contribution is 6.22. The predicted molar refractivity (Wildman–Crippen MR) is 153 cm³/mol. The van der Waals surface area contributed by atoms with E-state index in [0.29, 0.717) is 0 Å². The van der Waals surface area contributed by atoms with Crippen LogP contribution in [0.3, 0.4) is 0 Å². The van der Waals surface area contributed by atoms with Gasteiger partial charge in [0, 0.05) is 11.6 Å². The first-order chi connectivity index (χ1) is 17.9. The molecule has 0 spiro atoms. The summed E-state index contributed by atoms with van der Waals surface area (Å²) in [6, 6.07) is 47.8. The van der Waals surface area contributed by atoms with Gasteiger partial charge in [-0.1, -0.05) is 115 Å². The van der Waals surface area contributed by atoms with Gasteiger partial charge in [0.05, 0.1) is 5.52 Å². The Morgan fingerprint density at radius 1 is 0.361 bits per heavy atom. The molecular formula is C35H23N. The summed E-state index contributed by atoms with van der Waals surface area (Å²) in [5, 5.41) is 6.20. The molecule has 0 saturated heterocycles. The monoisotopic (exact) mass is 457 g/mol. The third-order valence-corrected chi connectivity index (χ3v) is 7.09. The van der Waals surface area contributed by atoms with Crippen LogP contribution in [-0.2, 0) is 0 Å². The lowest BCUT2D eigenvalue weighted by Gasteiger charge is -2.19. The maximum atomic E-state index is 4.78. The first-order valence-corrected chi connectivity index (χ1v) is 12.3. The fraction of sp³-hybridized carbons (Fsp3) is 0. The molecule has 0 radical (unpaired) electrons. The molecule has 0 unspecified atom stereocenters. The van der Waals surface area contributed by atoms with Crippen molar-refractivity contribution in [2.75, 3.05) is 0 Å². The van der Waals surface area contributed by atoms with Crippen molar-refractivity contribution in [1.29, 1.82) is 0 Å². The third kappa shape index (κ3) is 3.29. The van der Waals surface area contributed by atoms with Gasteiger partial charge in [-0.25, -0.2) is 0 Å². The zero-order valence-electron chi connectivity index (χ0n) is 19.7. The van der Waals surface area contributed by atoms with Crippen LogP contribution in [0.5, 0.6) is 0 Å². The Bertz CT molecular complexity index is 1810.